The van der Waals surface area contributed by atoms with Crippen LogP contribution in [0.4, 0.5) is 0 Å². The minimum atomic E-state index is -0.271. The molecule has 2 aromatic carbocycles. The number of nitrogens with zero attached hydrogens (tertiary/aromatic N) is 1. The molecule has 2 amide bonds. The van der Waals surface area contributed by atoms with E-state index in [4.69, 9.17) is 4.74 Å². The van der Waals surface area contributed by atoms with Gasteiger partial charge in [-0.15, -0.1) is 0 Å². The van der Waals surface area contributed by atoms with E-state index >= 15 is 0 Å². The molecule has 0 aliphatic carbocycles. The van der Waals surface area contributed by atoms with Crippen molar-refractivity contribution in [2.24, 2.45) is 5.92 Å². The molecule has 0 saturated carbocycles. The van der Waals surface area contributed by atoms with Gasteiger partial charge in [0.2, 0.25) is 5.91 Å². The molecule has 0 bridgehead atoms. The second-order valence-electron chi connectivity index (χ2n) is 7.43. The van der Waals surface area contributed by atoms with Gasteiger partial charge < -0.3 is 15.0 Å². The number of carbonyl (C=O) groups excluding carboxylic acids is 2. The Morgan fingerprint density at radius 2 is 1.79 bits per heavy atom. The first-order valence-corrected chi connectivity index (χ1v) is 9.69. The number of nitrogens with one attached hydrogen (secondary N) is 1. The number of rotatable bonds is 6. The van der Waals surface area contributed by atoms with Gasteiger partial charge in [-0.2, -0.15) is 0 Å². The lowest BCUT2D eigenvalue weighted by molar-refractivity contribution is -0.125. The molecule has 5 nitrogen and oxygen atoms in total. The first-order chi connectivity index (χ1) is 13.5. The summed E-state index contributed by atoms with van der Waals surface area (Å²) < 4.78 is 5.03. The molecule has 1 heterocycles. The molecular weight excluding hydrogens is 352 g/mol. The maximum absolute atomic E-state index is 13.0. The number of hydrogen-bond acceptors (Lipinski definition) is 3. The van der Waals surface area contributed by atoms with Gasteiger partial charge in [-0.25, -0.2) is 0 Å². The van der Waals surface area contributed by atoms with E-state index in [0.29, 0.717) is 31.8 Å². The van der Waals surface area contributed by atoms with Gasteiger partial charge in [0.05, 0.1) is 12.5 Å². The maximum Gasteiger partial charge on any atom is 0.253 e. The molecule has 1 aliphatic heterocycles. The molecule has 2 aromatic rings. The van der Waals surface area contributed by atoms with Gasteiger partial charge in [0, 0.05) is 38.2 Å². The van der Waals surface area contributed by atoms with Crippen molar-refractivity contribution in [1.82, 2.24) is 10.2 Å². The van der Waals surface area contributed by atoms with E-state index in [0.717, 1.165) is 16.7 Å². The van der Waals surface area contributed by atoms with Crippen molar-refractivity contribution in [1.29, 1.82) is 0 Å². The summed E-state index contributed by atoms with van der Waals surface area (Å²) in [5.41, 5.74) is 4.06. The Morgan fingerprint density at radius 1 is 1.07 bits per heavy atom. The van der Waals surface area contributed by atoms with Gasteiger partial charge in [0.1, 0.15) is 0 Å². The third-order valence-corrected chi connectivity index (χ3v) is 5.44. The molecule has 28 heavy (non-hydrogen) atoms. The summed E-state index contributed by atoms with van der Waals surface area (Å²) in [6.07, 6.45) is 0. The van der Waals surface area contributed by atoms with Crippen LogP contribution < -0.4 is 5.32 Å². The van der Waals surface area contributed by atoms with Crippen molar-refractivity contribution >= 4 is 11.8 Å². The first-order valence-electron chi connectivity index (χ1n) is 9.69. The highest BCUT2D eigenvalue weighted by Crippen LogP contribution is 2.35. The zero-order chi connectivity index (χ0) is 20.1. The maximum atomic E-state index is 13.0. The van der Waals surface area contributed by atoms with Crippen molar-refractivity contribution in [3.8, 4) is 0 Å². The number of hydrogen-bond donors (Lipinski definition) is 1. The van der Waals surface area contributed by atoms with Crippen LogP contribution in [0.5, 0.6) is 0 Å². The summed E-state index contributed by atoms with van der Waals surface area (Å²) in [5, 5.41) is 2.95. The Labute approximate surface area is 166 Å². The van der Waals surface area contributed by atoms with Crippen molar-refractivity contribution in [2.45, 2.75) is 19.8 Å². The molecule has 1 fully saturated rings. The molecule has 0 spiro atoms. The van der Waals surface area contributed by atoms with E-state index < -0.39 is 0 Å². The molecule has 2 unspecified atom stereocenters. The summed E-state index contributed by atoms with van der Waals surface area (Å²) in [6.45, 7) is 5.96. The van der Waals surface area contributed by atoms with Crippen molar-refractivity contribution in [3.05, 3.63) is 70.8 Å². The number of methoxy groups -OCH3 is 1. The quantitative estimate of drug-likeness (QED) is 0.784. The monoisotopic (exact) mass is 380 g/mol. The Morgan fingerprint density at radius 3 is 2.46 bits per heavy atom. The Kier molecular flexibility index (Phi) is 6.47. The topological polar surface area (TPSA) is 58.6 Å². The number of aryl methyl sites for hydroxylation is 2. The van der Waals surface area contributed by atoms with Gasteiger partial charge in [-0.05, 0) is 37.1 Å². The lowest BCUT2D eigenvalue weighted by Crippen LogP contribution is -2.37. The molecule has 3 rings (SSSR count). The highest BCUT2D eigenvalue weighted by molar-refractivity contribution is 5.95. The van der Waals surface area contributed by atoms with Crippen LogP contribution in [0.15, 0.2) is 48.5 Å². The van der Waals surface area contributed by atoms with Crippen LogP contribution in [-0.4, -0.2) is 50.1 Å². The van der Waals surface area contributed by atoms with Crippen LogP contribution >= 0.6 is 0 Å². The third kappa shape index (κ3) is 4.42. The van der Waals surface area contributed by atoms with E-state index in [9.17, 15) is 9.59 Å². The highest BCUT2D eigenvalue weighted by atomic mass is 16.5. The molecular formula is C23H28N2O3. The second kappa shape index (κ2) is 9.02. The van der Waals surface area contributed by atoms with Gasteiger partial charge in [0.25, 0.3) is 5.91 Å². The Balaban J connectivity index is 1.83. The zero-order valence-electron chi connectivity index (χ0n) is 16.8. The highest BCUT2D eigenvalue weighted by Gasteiger charge is 2.40. The summed E-state index contributed by atoms with van der Waals surface area (Å²) >= 11 is 0. The van der Waals surface area contributed by atoms with E-state index in [1.807, 2.05) is 48.2 Å². The van der Waals surface area contributed by atoms with Crippen LogP contribution in [0.2, 0.25) is 0 Å². The molecule has 0 radical (unpaired) electrons. The lowest BCUT2D eigenvalue weighted by atomic mass is 9.86. The predicted molar refractivity (Wildman–Crippen MR) is 109 cm³/mol. The second-order valence-corrected chi connectivity index (χ2v) is 7.43. The average Bonchev–Trinajstić information content (AvgIpc) is 3.14. The fourth-order valence-electron chi connectivity index (χ4n) is 3.84. The van der Waals surface area contributed by atoms with Crippen LogP contribution in [0.1, 0.15) is 33.0 Å². The average molecular weight is 380 g/mol. The molecule has 1 aliphatic rings. The van der Waals surface area contributed by atoms with E-state index in [1.54, 1.807) is 7.11 Å². The SMILES string of the molecule is COCCNC(=O)C1CN(C(=O)c2ccc(C)cc2)CC1c1ccccc1C. The molecule has 2 atom stereocenters. The smallest absolute Gasteiger partial charge is 0.253 e. The van der Waals surface area contributed by atoms with Crippen molar-refractivity contribution < 1.29 is 14.3 Å². The van der Waals surface area contributed by atoms with Gasteiger partial charge in [0.15, 0.2) is 0 Å². The molecule has 5 heteroatoms. The van der Waals surface area contributed by atoms with Crippen molar-refractivity contribution in [2.75, 3.05) is 33.4 Å². The molecule has 148 valence electrons. The molecule has 1 N–H and O–H groups in total. The van der Waals surface area contributed by atoms with Gasteiger partial charge in [-0.1, -0.05) is 42.0 Å². The minimum absolute atomic E-state index is 0.0156. The Bertz CT molecular complexity index is 832. The van der Waals surface area contributed by atoms with Crippen LogP contribution in [-0.2, 0) is 9.53 Å². The largest absolute Gasteiger partial charge is 0.383 e. The number of ether oxygens (including phenoxy) is 1. The van der Waals surface area contributed by atoms with Gasteiger partial charge >= 0.3 is 0 Å². The predicted octanol–water partition coefficient (Wildman–Crippen LogP) is 2.92. The normalized spacial score (nSPS) is 18.9. The van der Waals surface area contributed by atoms with E-state index in [2.05, 4.69) is 24.4 Å². The van der Waals surface area contributed by atoms with Crippen LogP contribution in [0, 0.1) is 19.8 Å². The summed E-state index contributed by atoms with van der Waals surface area (Å²) in [6, 6.07) is 15.7. The molecule has 0 aromatic heterocycles. The first kappa shape index (κ1) is 20.1. The summed E-state index contributed by atoms with van der Waals surface area (Å²) in [4.78, 5) is 27.7. The van der Waals surface area contributed by atoms with Gasteiger partial charge in [-0.3, -0.25) is 9.59 Å². The number of carbonyl (C=O) groups is 2. The van der Waals surface area contributed by atoms with Crippen LogP contribution in [0.3, 0.4) is 0 Å². The van der Waals surface area contributed by atoms with Crippen LogP contribution in [0.25, 0.3) is 0 Å². The lowest BCUT2D eigenvalue weighted by Gasteiger charge is -2.19. The number of benzene rings is 2. The number of amides is 2. The standard InChI is InChI=1S/C23H28N2O3/c1-16-8-10-18(11-9-16)23(27)25-14-20(19-7-5-4-6-17(19)2)21(15-25)22(26)24-12-13-28-3/h4-11,20-21H,12-15H2,1-3H3,(H,24,26). The van der Waals surface area contributed by atoms with Crippen molar-refractivity contribution in [3.63, 3.8) is 0 Å². The summed E-state index contributed by atoms with van der Waals surface area (Å²) in [7, 11) is 1.61. The zero-order valence-corrected chi connectivity index (χ0v) is 16.8. The fourth-order valence-corrected chi connectivity index (χ4v) is 3.84. The molecule has 1 saturated heterocycles. The summed E-state index contributed by atoms with van der Waals surface area (Å²) in [5.74, 6) is -0.333. The minimum Gasteiger partial charge on any atom is -0.383 e. The fraction of sp³-hybridized carbons (Fsp3) is 0.391. The Hall–Kier alpha value is -2.66. The third-order valence-electron chi connectivity index (χ3n) is 5.44. The van der Waals surface area contributed by atoms with E-state index in [1.165, 1.54) is 0 Å². The van der Waals surface area contributed by atoms with E-state index in [-0.39, 0.29) is 23.7 Å². The number of likely N-dealkylation sites (tertiary alicyclic amines) is 1.